The highest BCUT2D eigenvalue weighted by atomic mass is 19.3. The van der Waals surface area contributed by atoms with E-state index in [2.05, 4.69) is 22.9 Å². The zero-order chi connectivity index (χ0) is 27.6. The summed E-state index contributed by atoms with van der Waals surface area (Å²) in [6.07, 6.45) is 6.13. The number of hydrogen-bond acceptors (Lipinski definition) is 5. The minimum Gasteiger partial charge on any atom is -0.503 e. The van der Waals surface area contributed by atoms with Crippen LogP contribution < -0.4 is 10.7 Å². The SMILES string of the molecule is C#C.CCOC.O=C(NCc1c(F)cc(F)cc1F)c1cn2c(c(O)c1=O)C(=O)N(CC(F)F)CC2. The summed E-state index contributed by atoms with van der Waals surface area (Å²) in [5.74, 6) is -6.87. The number of carbonyl (C=O) groups is 2. The summed E-state index contributed by atoms with van der Waals surface area (Å²) in [6.45, 7) is 0.942. The van der Waals surface area contributed by atoms with E-state index in [1.165, 1.54) is 0 Å². The normalized spacial score (nSPS) is 12.2. The minimum absolute atomic E-state index is 0.0802. The number of fused-ring (bicyclic) bond motifs is 1. The number of hydrogen-bond donors (Lipinski definition) is 2. The number of aromatic hydroxyl groups is 1. The molecule has 2 heterocycles. The zero-order valence-corrected chi connectivity index (χ0v) is 19.4. The Balaban J connectivity index is 0.000000982. The van der Waals surface area contributed by atoms with Crippen molar-refractivity contribution in [2.75, 3.05) is 26.8 Å². The Bertz CT molecular complexity index is 1140. The number of amides is 2. The lowest BCUT2D eigenvalue weighted by Gasteiger charge is -2.30. The molecule has 0 bridgehead atoms. The van der Waals surface area contributed by atoms with Crippen molar-refractivity contribution in [2.45, 2.75) is 26.4 Å². The summed E-state index contributed by atoms with van der Waals surface area (Å²) in [5.41, 5.74) is -3.08. The Morgan fingerprint density at radius 3 is 2.22 bits per heavy atom. The number of halogens is 5. The number of alkyl halides is 2. The molecule has 1 aliphatic rings. The largest absolute Gasteiger partial charge is 0.503 e. The molecule has 8 nitrogen and oxygen atoms in total. The molecule has 2 aromatic rings. The molecule has 0 aliphatic carbocycles. The molecule has 1 aliphatic heterocycles. The van der Waals surface area contributed by atoms with Gasteiger partial charge in [0.25, 0.3) is 18.2 Å². The van der Waals surface area contributed by atoms with Gasteiger partial charge in [-0.1, -0.05) is 0 Å². The average molecular weight is 517 g/mol. The maximum Gasteiger partial charge on any atom is 0.274 e. The van der Waals surface area contributed by atoms with Crippen LogP contribution in [0.3, 0.4) is 0 Å². The van der Waals surface area contributed by atoms with E-state index in [1.54, 1.807) is 7.11 Å². The number of nitrogens with one attached hydrogen (secondary N) is 1. The van der Waals surface area contributed by atoms with Gasteiger partial charge >= 0.3 is 0 Å². The lowest BCUT2D eigenvalue weighted by molar-refractivity contribution is 0.0491. The van der Waals surface area contributed by atoms with Crippen LogP contribution in [0.4, 0.5) is 22.0 Å². The molecule has 36 heavy (non-hydrogen) atoms. The quantitative estimate of drug-likeness (QED) is 0.453. The number of benzene rings is 1. The molecule has 0 radical (unpaired) electrons. The Kier molecular flexibility index (Phi) is 11.6. The van der Waals surface area contributed by atoms with E-state index in [0.29, 0.717) is 12.1 Å². The summed E-state index contributed by atoms with van der Waals surface area (Å²) in [6, 6.07) is 0.835. The second-order valence-corrected chi connectivity index (χ2v) is 7.01. The van der Waals surface area contributed by atoms with Gasteiger partial charge in [0, 0.05) is 57.2 Å². The molecule has 0 spiro atoms. The number of ether oxygens (including phenoxy) is 1. The van der Waals surface area contributed by atoms with Crippen LogP contribution in [-0.4, -0.2) is 59.6 Å². The fraction of sp³-hybridized carbons (Fsp3) is 0.348. The molecule has 0 saturated carbocycles. The van der Waals surface area contributed by atoms with E-state index in [-0.39, 0.29) is 13.1 Å². The van der Waals surface area contributed by atoms with Crippen molar-refractivity contribution in [2.24, 2.45) is 0 Å². The number of aromatic nitrogens is 1. The molecule has 13 heteroatoms. The van der Waals surface area contributed by atoms with Gasteiger partial charge in [-0.15, -0.1) is 12.8 Å². The second kappa shape index (κ2) is 13.8. The van der Waals surface area contributed by atoms with E-state index in [4.69, 9.17) is 0 Å². The Morgan fingerprint density at radius 1 is 1.17 bits per heavy atom. The van der Waals surface area contributed by atoms with Crippen molar-refractivity contribution in [1.82, 2.24) is 14.8 Å². The van der Waals surface area contributed by atoms with Crippen LogP contribution in [0, 0.1) is 30.3 Å². The predicted octanol–water partition coefficient (Wildman–Crippen LogP) is 2.52. The van der Waals surface area contributed by atoms with Crippen LogP contribution in [0.25, 0.3) is 0 Å². The summed E-state index contributed by atoms with van der Waals surface area (Å²) < 4.78 is 71.0. The lowest BCUT2D eigenvalue weighted by atomic mass is 10.1. The smallest absolute Gasteiger partial charge is 0.274 e. The van der Waals surface area contributed by atoms with E-state index in [0.717, 1.165) is 22.3 Å². The summed E-state index contributed by atoms with van der Waals surface area (Å²) >= 11 is 0. The van der Waals surface area contributed by atoms with Gasteiger partial charge in [-0.3, -0.25) is 14.4 Å². The third-order valence-corrected chi connectivity index (χ3v) is 4.78. The van der Waals surface area contributed by atoms with Gasteiger partial charge in [0.15, 0.2) is 11.4 Å². The third kappa shape index (κ3) is 7.29. The summed E-state index contributed by atoms with van der Waals surface area (Å²) in [7, 11) is 1.68. The van der Waals surface area contributed by atoms with Crippen molar-refractivity contribution in [1.29, 1.82) is 0 Å². The first kappa shape index (κ1) is 30.1. The average Bonchev–Trinajstić information content (AvgIpc) is 2.83. The zero-order valence-electron chi connectivity index (χ0n) is 19.4. The molecule has 1 aromatic heterocycles. The van der Waals surface area contributed by atoms with Crippen LogP contribution in [-0.2, 0) is 17.8 Å². The number of pyridine rings is 1. The molecule has 2 N–H and O–H groups in total. The summed E-state index contributed by atoms with van der Waals surface area (Å²) in [5, 5.41) is 12.2. The molecule has 0 fully saturated rings. The maximum absolute atomic E-state index is 13.7. The maximum atomic E-state index is 13.7. The first-order valence-electron chi connectivity index (χ1n) is 10.3. The highest BCUT2D eigenvalue weighted by molar-refractivity contribution is 5.99. The Morgan fingerprint density at radius 2 is 1.72 bits per heavy atom. The fourth-order valence-electron chi connectivity index (χ4n) is 3.04. The van der Waals surface area contributed by atoms with Gasteiger partial charge in [0.05, 0.1) is 6.54 Å². The molecular weight excluding hydrogens is 493 g/mol. The molecule has 0 saturated heterocycles. The lowest BCUT2D eigenvalue weighted by Crippen LogP contribution is -2.44. The van der Waals surface area contributed by atoms with Gasteiger partial charge in [-0.2, -0.15) is 0 Å². The van der Waals surface area contributed by atoms with Gasteiger partial charge in [0.1, 0.15) is 23.0 Å². The van der Waals surface area contributed by atoms with Crippen molar-refractivity contribution >= 4 is 11.8 Å². The Labute approximate surface area is 203 Å². The second-order valence-electron chi connectivity index (χ2n) is 7.01. The Hall–Kier alpha value is -3.92. The van der Waals surface area contributed by atoms with Gasteiger partial charge < -0.3 is 24.6 Å². The molecule has 0 atom stereocenters. The molecule has 196 valence electrons. The highest BCUT2D eigenvalue weighted by Gasteiger charge is 2.32. The van der Waals surface area contributed by atoms with Crippen LogP contribution in [0.15, 0.2) is 23.1 Å². The van der Waals surface area contributed by atoms with E-state index in [9.17, 15) is 41.4 Å². The van der Waals surface area contributed by atoms with Crippen LogP contribution >= 0.6 is 0 Å². The molecule has 2 amide bonds. The van der Waals surface area contributed by atoms with Gasteiger partial charge in [-0.05, 0) is 6.92 Å². The standard InChI is InChI=1S/C18H14F5N3O4.C3H8O.C2H2/c19-8-3-11(20)9(12(21)4-8)5-24-17(29)10-6-25-1-2-26(7-13(22)23)18(30)14(25)16(28)15(10)27;1-3-4-2;1-2/h3-4,6,13,28H,1-2,5,7H2,(H,24,29);3H2,1-2H3;1-2H. The minimum atomic E-state index is -2.81. The van der Waals surface area contributed by atoms with Crippen molar-refractivity contribution in [3.63, 3.8) is 0 Å². The highest BCUT2D eigenvalue weighted by Crippen LogP contribution is 2.21. The molecular formula is C23H24F5N3O5. The molecule has 0 unspecified atom stereocenters. The van der Waals surface area contributed by atoms with Gasteiger partial charge in [-0.25, -0.2) is 22.0 Å². The monoisotopic (exact) mass is 517 g/mol. The van der Waals surface area contributed by atoms with E-state index in [1.807, 2.05) is 6.92 Å². The fourth-order valence-corrected chi connectivity index (χ4v) is 3.04. The van der Waals surface area contributed by atoms with Crippen molar-refractivity contribution in [3.8, 4) is 18.6 Å². The topological polar surface area (TPSA) is 101 Å². The third-order valence-electron chi connectivity index (χ3n) is 4.78. The van der Waals surface area contributed by atoms with Gasteiger partial charge in [0.2, 0.25) is 5.43 Å². The number of terminal acetylenes is 1. The van der Waals surface area contributed by atoms with E-state index < -0.39 is 76.8 Å². The van der Waals surface area contributed by atoms with E-state index >= 15 is 0 Å². The summed E-state index contributed by atoms with van der Waals surface area (Å²) in [4.78, 5) is 37.7. The first-order valence-corrected chi connectivity index (χ1v) is 10.3. The van der Waals surface area contributed by atoms with Crippen LogP contribution in [0.1, 0.15) is 33.3 Å². The molecule has 3 rings (SSSR count). The van der Waals surface area contributed by atoms with Crippen LogP contribution in [0.5, 0.6) is 5.75 Å². The number of carbonyl (C=O) groups excluding carboxylic acids is 2. The van der Waals surface area contributed by atoms with Crippen molar-refractivity contribution < 1.29 is 41.4 Å². The predicted molar refractivity (Wildman–Crippen MR) is 119 cm³/mol. The number of rotatable bonds is 6. The first-order chi connectivity index (χ1) is 17.0. The van der Waals surface area contributed by atoms with Crippen molar-refractivity contribution in [3.05, 3.63) is 62.8 Å². The molecule has 1 aromatic carbocycles. The number of methoxy groups -OCH3 is 1. The number of nitrogens with zero attached hydrogens (tertiary/aromatic N) is 2. The van der Waals surface area contributed by atoms with Crippen LogP contribution in [0.2, 0.25) is 0 Å².